The van der Waals surface area contributed by atoms with E-state index in [-0.39, 0.29) is 0 Å². The van der Waals surface area contributed by atoms with Crippen molar-refractivity contribution in [2.24, 2.45) is 0 Å². The van der Waals surface area contributed by atoms with E-state index in [9.17, 15) is 0 Å². The first-order chi connectivity index (χ1) is 4.62. The van der Waals surface area contributed by atoms with E-state index >= 15 is 0 Å². The summed E-state index contributed by atoms with van der Waals surface area (Å²) in [5, 5.41) is 0. The first-order valence-corrected chi connectivity index (χ1v) is 6.69. The minimum atomic E-state index is -1.35. The molecular weight excluding hydrogens is 140 g/mol. The van der Waals surface area contributed by atoms with E-state index in [1.807, 2.05) is 6.08 Å². The third-order valence-corrected chi connectivity index (χ3v) is 3.93. The Hall–Kier alpha value is -0.503. The van der Waals surface area contributed by atoms with Crippen molar-refractivity contribution in [1.82, 2.24) is 0 Å². The molecule has 0 aliphatic rings. The Morgan fingerprint density at radius 1 is 1.50 bits per heavy atom. The quantitative estimate of drug-likeness (QED) is 0.345. The first kappa shape index (κ1) is 9.50. The number of allylic oxidation sites excluding steroid dienone is 2. The molecule has 0 aliphatic heterocycles. The molecule has 10 heavy (non-hydrogen) atoms. The summed E-state index contributed by atoms with van der Waals surface area (Å²) in [5.41, 5.74) is 0. The van der Waals surface area contributed by atoms with Gasteiger partial charge in [-0.3, -0.25) is 0 Å². The highest BCUT2D eigenvalue weighted by atomic mass is 28.4. The summed E-state index contributed by atoms with van der Waals surface area (Å²) >= 11 is 0. The highest BCUT2D eigenvalue weighted by Crippen LogP contribution is 2.09. The second kappa shape index (κ2) is 4.33. The summed E-state index contributed by atoms with van der Waals surface area (Å²) in [4.78, 5) is 0. The molecule has 0 aromatic heterocycles. The molecule has 0 unspecified atom stereocenters. The Labute approximate surface area is 64.5 Å². The van der Waals surface area contributed by atoms with Crippen molar-refractivity contribution < 1.29 is 4.43 Å². The van der Waals surface area contributed by atoms with Crippen LogP contribution in [0.15, 0.2) is 25.0 Å². The molecule has 0 spiro atoms. The minimum Gasteiger partial charge on any atom is -0.549 e. The van der Waals surface area contributed by atoms with Crippen LogP contribution < -0.4 is 0 Å². The van der Waals surface area contributed by atoms with Crippen molar-refractivity contribution in [3.63, 3.8) is 0 Å². The lowest BCUT2D eigenvalue weighted by atomic mass is 10.6. The van der Waals surface area contributed by atoms with Gasteiger partial charge in [-0.25, -0.2) is 0 Å². The molecular formula is C8H16OSi. The lowest BCUT2D eigenvalue weighted by molar-refractivity contribution is 0.473. The molecule has 0 bridgehead atoms. The van der Waals surface area contributed by atoms with Gasteiger partial charge in [-0.05, 0) is 25.2 Å². The van der Waals surface area contributed by atoms with Crippen LogP contribution >= 0.6 is 0 Å². The molecule has 0 amide bonds. The van der Waals surface area contributed by atoms with Crippen molar-refractivity contribution in [1.29, 1.82) is 0 Å². The zero-order valence-electron chi connectivity index (χ0n) is 7.05. The summed E-state index contributed by atoms with van der Waals surface area (Å²) in [6.45, 7) is 10.1. The second-order valence-electron chi connectivity index (χ2n) is 2.80. The largest absolute Gasteiger partial charge is 0.549 e. The summed E-state index contributed by atoms with van der Waals surface area (Å²) in [6, 6.07) is 1.15. The van der Waals surface area contributed by atoms with Gasteiger partial charge < -0.3 is 4.43 Å². The lowest BCUT2D eigenvalue weighted by Gasteiger charge is -2.18. The van der Waals surface area contributed by atoms with Crippen molar-refractivity contribution >= 4 is 8.32 Å². The summed E-state index contributed by atoms with van der Waals surface area (Å²) < 4.78 is 5.51. The van der Waals surface area contributed by atoms with Crippen LogP contribution in [0.1, 0.15) is 6.92 Å². The predicted molar refractivity (Wildman–Crippen MR) is 48.4 cm³/mol. The Morgan fingerprint density at radius 3 is 2.50 bits per heavy atom. The monoisotopic (exact) mass is 156 g/mol. The van der Waals surface area contributed by atoms with Crippen LogP contribution in [-0.2, 0) is 4.43 Å². The van der Waals surface area contributed by atoms with Crippen LogP contribution in [0.2, 0.25) is 19.1 Å². The lowest BCUT2D eigenvalue weighted by Crippen LogP contribution is -2.26. The molecule has 0 saturated heterocycles. The molecule has 0 rings (SSSR count). The zero-order valence-corrected chi connectivity index (χ0v) is 8.05. The molecule has 0 aliphatic carbocycles. The van der Waals surface area contributed by atoms with Crippen molar-refractivity contribution in [2.45, 2.75) is 26.1 Å². The molecule has 0 saturated carbocycles. The highest BCUT2D eigenvalue weighted by molar-refractivity contribution is 6.71. The van der Waals surface area contributed by atoms with Gasteiger partial charge in [0.2, 0.25) is 8.32 Å². The topological polar surface area (TPSA) is 9.23 Å². The van der Waals surface area contributed by atoms with Gasteiger partial charge in [0.25, 0.3) is 0 Å². The Morgan fingerprint density at radius 2 is 2.10 bits per heavy atom. The Kier molecular flexibility index (Phi) is 4.12. The normalized spacial score (nSPS) is 11.9. The molecule has 1 nitrogen and oxygen atoms in total. The van der Waals surface area contributed by atoms with E-state index in [2.05, 4.69) is 26.6 Å². The van der Waals surface area contributed by atoms with Crippen LogP contribution in [0.3, 0.4) is 0 Å². The maximum Gasteiger partial charge on any atom is 0.244 e. The number of hydrogen-bond acceptors (Lipinski definition) is 1. The third kappa shape index (κ3) is 4.38. The van der Waals surface area contributed by atoms with Crippen molar-refractivity contribution in [2.75, 3.05) is 0 Å². The molecule has 0 aromatic rings. The van der Waals surface area contributed by atoms with Gasteiger partial charge >= 0.3 is 0 Å². The summed E-state index contributed by atoms with van der Waals surface area (Å²) in [6.07, 6.45) is 5.28. The highest BCUT2D eigenvalue weighted by Gasteiger charge is 2.18. The summed E-state index contributed by atoms with van der Waals surface area (Å²) in [7, 11) is -1.35. The fourth-order valence-corrected chi connectivity index (χ4v) is 0.976. The predicted octanol–water partition coefficient (Wildman–Crippen LogP) is 2.93. The van der Waals surface area contributed by atoms with Gasteiger partial charge in [0.1, 0.15) is 0 Å². The van der Waals surface area contributed by atoms with E-state index in [1.54, 1.807) is 12.3 Å². The molecule has 2 heteroatoms. The van der Waals surface area contributed by atoms with E-state index < -0.39 is 8.32 Å². The second-order valence-corrected chi connectivity index (χ2v) is 7.26. The smallest absolute Gasteiger partial charge is 0.244 e. The summed E-state index contributed by atoms with van der Waals surface area (Å²) in [5.74, 6) is 0. The fraction of sp³-hybridized carbons (Fsp3) is 0.500. The molecule has 0 heterocycles. The van der Waals surface area contributed by atoms with Gasteiger partial charge in [-0.15, -0.1) is 0 Å². The standard InChI is InChI=1S/C8H16OSi/c1-5-7-8-9-10(3,4)6-2/h5,7-8H,1,6H2,2-4H3. The maximum absolute atomic E-state index is 5.51. The minimum absolute atomic E-state index is 1.15. The fourth-order valence-electron chi connectivity index (χ4n) is 0.362. The van der Waals surface area contributed by atoms with Gasteiger partial charge in [0, 0.05) is 0 Å². The van der Waals surface area contributed by atoms with Gasteiger partial charge in [-0.2, -0.15) is 0 Å². The van der Waals surface area contributed by atoms with Gasteiger partial charge in [0.05, 0.1) is 6.26 Å². The zero-order chi connectivity index (χ0) is 8.04. The van der Waals surface area contributed by atoms with Gasteiger partial charge in [0.15, 0.2) is 0 Å². The van der Waals surface area contributed by atoms with Crippen molar-refractivity contribution in [3.8, 4) is 0 Å². The average Bonchev–Trinajstić information content (AvgIpc) is 1.89. The number of rotatable bonds is 4. The van der Waals surface area contributed by atoms with E-state index in [4.69, 9.17) is 4.43 Å². The first-order valence-electron chi connectivity index (χ1n) is 3.58. The van der Waals surface area contributed by atoms with Gasteiger partial charge in [-0.1, -0.05) is 19.6 Å². The van der Waals surface area contributed by atoms with Crippen LogP contribution in [0.5, 0.6) is 0 Å². The van der Waals surface area contributed by atoms with Crippen LogP contribution in [-0.4, -0.2) is 8.32 Å². The van der Waals surface area contributed by atoms with Crippen LogP contribution in [0.4, 0.5) is 0 Å². The van der Waals surface area contributed by atoms with E-state index in [0.29, 0.717) is 0 Å². The molecule has 0 fully saturated rings. The Balaban J connectivity index is 3.66. The van der Waals surface area contributed by atoms with Crippen LogP contribution in [0, 0.1) is 0 Å². The van der Waals surface area contributed by atoms with Crippen molar-refractivity contribution in [3.05, 3.63) is 25.0 Å². The maximum atomic E-state index is 5.51. The number of hydrogen-bond donors (Lipinski definition) is 0. The SMILES string of the molecule is C=CC=CO[Si](C)(C)CC. The van der Waals surface area contributed by atoms with Crippen LogP contribution in [0.25, 0.3) is 0 Å². The van der Waals surface area contributed by atoms with E-state index in [1.165, 1.54) is 0 Å². The Bertz CT molecular complexity index is 127. The van der Waals surface area contributed by atoms with E-state index in [0.717, 1.165) is 6.04 Å². The third-order valence-electron chi connectivity index (χ3n) is 1.45. The molecule has 58 valence electrons. The molecule has 0 radical (unpaired) electrons. The molecule has 0 atom stereocenters. The average molecular weight is 156 g/mol. The molecule has 0 N–H and O–H groups in total. The molecule has 0 aromatic carbocycles.